The van der Waals surface area contributed by atoms with Crippen LogP contribution in [0.5, 0.6) is 5.75 Å². The predicted molar refractivity (Wildman–Crippen MR) is 112 cm³/mol. The molecule has 10 heteroatoms. The van der Waals surface area contributed by atoms with E-state index in [1.807, 2.05) is 0 Å². The summed E-state index contributed by atoms with van der Waals surface area (Å²) in [6.07, 6.45) is 1.76. The van der Waals surface area contributed by atoms with Gasteiger partial charge in [-0.1, -0.05) is 17.7 Å². The molecule has 0 saturated heterocycles. The summed E-state index contributed by atoms with van der Waals surface area (Å²) in [5.74, 6) is -2.25. The van der Waals surface area contributed by atoms with Crippen molar-refractivity contribution in [2.75, 3.05) is 13.7 Å². The summed E-state index contributed by atoms with van der Waals surface area (Å²) in [6, 6.07) is 4.16. The summed E-state index contributed by atoms with van der Waals surface area (Å²) in [7, 11) is 1.52. The first-order valence-electron chi connectivity index (χ1n) is 10.4. The molecule has 5 rings (SSSR count). The zero-order chi connectivity index (χ0) is 22.8. The molecule has 1 aromatic heterocycles. The van der Waals surface area contributed by atoms with E-state index in [0.29, 0.717) is 24.0 Å². The number of rotatable bonds is 3. The quantitative estimate of drug-likeness (QED) is 0.729. The lowest BCUT2D eigenvalue weighted by atomic mass is 9.95. The Bertz CT molecular complexity index is 1230. The molecule has 8 nitrogen and oxygen atoms in total. The number of hydrogen-bond acceptors (Lipinski definition) is 5. The van der Waals surface area contributed by atoms with Gasteiger partial charge >= 0.3 is 0 Å². The zero-order valence-electron chi connectivity index (χ0n) is 17.3. The molecule has 2 N–H and O–H groups in total. The van der Waals surface area contributed by atoms with Crippen LogP contribution in [-0.2, 0) is 23.4 Å². The van der Waals surface area contributed by atoms with Gasteiger partial charge in [0.2, 0.25) is 0 Å². The number of aromatic nitrogens is 1. The van der Waals surface area contributed by atoms with Crippen molar-refractivity contribution < 1.29 is 23.8 Å². The molecular formula is C22H21ClFN3O5. The summed E-state index contributed by atoms with van der Waals surface area (Å²) in [6.45, 7) is 0.386. The number of methoxy groups -OCH3 is 1. The van der Waals surface area contributed by atoms with Crippen LogP contribution < -0.4 is 10.9 Å². The molecule has 2 aromatic rings. The van der Waals surface area contributed by atoms with E-state index in [9.17, 15) is 23.9 Å². The van der Waals surface area contributed by atoms with E-state index in [0.717, 1.165) is 6.42 Å². The van der Waals surface area contributed by atoms with Crippen molar-refractivity contribution in [2.45, 2.75) is 44.0 Å². The van der Waals surface area contributed by atoms with Crippen molar-refractivity contribution in [1.29, 1.82) is 0 Å². The van der Waals surface area contributed by atoms with Crippen LogP contribution in [0.15, 0.2) is 23.0 Å². The maximum Gasteiger partial charge on any atom is 0.296 e. The molecule has 0 bridgehead atoms. The number of ether oxygens (including phenoxy) is 1. The predicted octanol–water partition coefficient (Wildman–Crippen LogP) is 2.14. The number of carbonyl (C=O) groups is 2. The molecule has 2 atom stereocenters. The summed E-state index contributed by atoms with van der Waals surface area (Å²) in [5, 5.41) is 13.6. The number of benzene rings is 1. The number of hydrogen-bond donors (Lipinski definition) is 2. The van der Waals surface area contributed by atoms with Crippen LogP contribution in [0, 0.1) is 5.82 Å². The van der Waals surface area contributed by atoms with Crippen LogP contribution in [0.2, 0.25) is 5.02 Å². The molecule has 168 valence electrons. The van der Waals surface area contributed by atoms with E-state index in [-0.39, 0.29) is 35.8 Å². The molecule has 1 saturated carbocycles. The molecular weight excluding hydrogens is 441 g/mol. The molecule has 1 aliphatic carbocycles. The van der Waals surface area contributed by atoms with Crippen molar-refractivity contribution in [2.24, 2.45) is 0 Å². The molecule has 3 heterocycles. The SMILES string of the molecule is COC1CCCC12NC(=O)c1c3c(c(O)c(=O)n12)C(=O)N(Cc1ccc(F)c(Cl)c1)CC3. The highest BCUT2D eigenvalue weighted by Crippen LogP contribution is 2.42. The summed E-state index contributed by atoms with van der Waals surface area (Å²) < 4.78 is 20.3. The number of fused-ring (bicyclic) bond motifs is 4. The van der Waals surface area contributed by atoms with Gasteiger partial charge in [-0.05, 0) is 43.4 Å². The van der Waals surface area contributed by atoms with Gasteiger partial charge in [0.1, 0.15) is 17.2 Å². The van der Waals surface area contributed by atoms with Crippen molar-refractivity contribution >= 4 is 23.4 Å². The van der Waals surface area contributed by atoms with Crippen molar-refractivity contribution in [3.8, 4) is 5.75 Å². The van der Waals surface area contributed by atoms with Crippen molar-refractivity contribution in [3.63, 3.8) is 0 Å². The normalized spacial score (nSPS) is 24.1. The Balaban J connectivity index is 1.59. The van der Waals surface area contributed by atoms with E-state index >= 15 is 0 Å². The number of nitrogens with one attached hydrogen (secondary N) is 1. The first-order chi connectivity index (χ1) is 15.3. The van der Waals surface area contributed by atoms with Crippen LogP contribution in [0.4, 0.5) is 4.39 Å². The fourth-order valence-corrected chi connectivity index (χ4v) is 5.50. The number of nitrogens with zero attached hydrogens (tertiary/aromatic N) is 2. The van der Waals surface area contributed by atoms with E-state index in [2.05, 4.69) is 5.32 Å². The minimum Gasteiger partial charge on any atom is -0.502 e. The highest BCUT2D eigenvalue weighted by Gasteiger charge is 2.54. The first-order valence-corrected chi connectivity index (χ1v) is 10.8. The van der Waals surface area contributed by atoms with Gasteiger partial charge in [0.25, 0.3) is 17.4 Å². The lowest BCUT2D eigenvalue weighted by molar-refractivity contribution is 0.00677. The second kappa shape index (κ2) is 7.31. The molecule has 32 heavy (non-hydrogen) atoms. The fourth-order valence-electron chi connectivity index (χ4n) is 5.30. The molecule has 1 fully saturated rings. The largest absolute Gasteiger partial charge is 0.502 e. The maximum atomic E-state index is 13.5. The molecule has 2 unspecified atom stereocenters. The maximum absolute atomic E-state index is 13.5. The van der Waals surface area contributed by atoms with Gasteiger partial charge in [0.05, 0.1) is 16.7 Å². The Morgan fingerprint density at radius 1 is 1.34 bits per heavy atom. The highest BCUT2D eigenvalue weighted by molar-refractivity contribution is 6.30. The average Bonchev–Trinajstić information content (AvgIpc) is 3.30. The van der Waals surface area contributed by atoms with Gasteiger partial charge in [0, 0.05) is 25.8 Å². The van der Waals surface area contributed by atoms with E-state index in [1.54, 1.807) is 0 Å². The lowest BCUT2D eigenvalue weighted by Gasteiger charge is -2.34. The second-order valence-corrected chi connectivity index (χ2v) is 8.82. The van der Waals surface area contributed by atoms with E-state index in [4.69, 9.17) is 16.3 Å². The number of pyridine rings is 1. The topological polar surface area (TPSA) is 101 Å². The van der Waals surface area contributed by atoms with Gasteiger partial charge in [-0.25, -0.2) is 4.39 Å². The Kier molecular flexibility index (Phi) is 4.79. The number of amides is 2. The lowest BCUT2D eigenvalue weighted by Crippen LogP contribution is -2.53. The van der Waals surface area contributed by atoms with Crippen LogP contribution in [-0.4, -0.2) is 46.1 Å². The molecule has 1 aromatic carbocycles. The van der Waals surface area contributed by atoms with Crippen molar-refractivity contribution in [1.82, 2.24) is 14.8 Å². The molecule has 2 aliphatic heterocycles. The standard InChI is InChI=1S/C22H21ClFN3O5/c1-32-15-3-2-7-22(15)25-19(29)17-12-6-8-26(10-11-4-5-14(24)13(23)9-11)20(30)16(12)18(28)21(31)27(17)22/h4-5,9,15,28H,2-3,6-8,10H2,1H3,(H,25,29). The third kappa shape index (κ3) is 2.80. The summed E-state index contributed by atoms with van der Waals surface area (Å²) in [5.41, 5.74) is -0.922. The number of carbonyl (C=O) groups excluding carboxylic acids is 2. The second-order valence-electron chi connectivity index (χ2n) is 8.41. The minimum absolute atomic E-state index is 0.0579. The third-order valence-electron chi connectivity index (χ3n) is 6.73. The third-order valence-corrected chi connectivity index (χ3v) is 7.02. The number of aromatic hydroxyl groups is 1. The van der Waals surface area contributed by atoms with Crippen LogP contribution in [0.3, 0.4) is 0 Å². The highest BCUT2D eigenvalue weighted by atomic mass is 35.5. The zero-order valence-corrected chi connectivity index (χ0v) is 18.0. The molecule has 1 spiro atoms. The molecule has 2 amide bonds. The monoisotopic (exact) mass is 461 g/mol. The van der Waals surface area contributed by atoms with Gasteiger partial charge in [-0.2, -0.15) is 0 Å². The Morgan fingerprint density at radius 2 is 2.12 bits per heavy atom. The average molecular weight is 462 g/mol. The molecule has 0 radical (unpaired) electrons. The minimum atomic E-state index is -1.06. The van der Waals surface area contributed by atoms with Gasteiger partial charge in [-0.15, -0.1) is 0 Å². The van der Waals surface area contributed by atoms with Crippen LogP contribution >= 0.6 is 11.6 Å². The number of halogens is 2. The van der Waals surface area contributed by atoms with E-state index in [1.165, 1.54) is 34.8 Å². The Labute approximate surface area is 187 Å². The van der Waals surface area contributed by atoms with Gasteiger partial charge < -0.3 is 20.1 Å². The van der Waals surface area contributed by atoms with Crippen LogP contribution in [0.25, 0.3) is 0 Å². The van der Waals surface area contributed by atoms with Gasteiger partial charge in [0.15, 0.2) is 5.75 Å². The molecule has 3 aliphatic rings. The summed E-state index contributed by atoms with van der Waals surface area (Å²) in [4.78, 5) is 40.9. The fraction of sp³-hybridized carbons (Fsp3) is 0.409. The Hall–Kier alpha value is -2.91. The Morgan fingerprint density at radius 3 is 2.84 bits per heavy atom. The van der Waals surface area contributed by atoms with Crippen molar-refractivity contribution in [3.05, 3.63) is 61.8 Å². The van der Waals surface area contributed by atoms with Gasteiger partial charge in [-0.3, -0.25) is 19.0 Å². The van der Waals surface area contributed by atoms with E-state index < -0.39 is 40.7 Å². The summed E-state index contributed by atoms with van der Waals surface area (Å²) >= 11 is 5.84. The first kappa shape index (κ1) is 21.0. The smallest absolute Gasteiger partial charge is 0.296 e. The van der Waals surface area contributed by atoms with Crippen LogP contribution in [0.1, 0.15) is 51.2 Å².